The Bertz CT molecular complexity index is 355. The number of amides is 2. The summed E-state index contributed by atoms with van der Waals surface area (Å²) >= 11 is 0. The van der Waals surface area contributed by atoms with E-state index < -0.39 is 5.82 Å². The minimum Gasteiger partial charge on any atom is -0.325 e. The Balaban J connectivity index is 2.66. The Kier molecular flexibility index (Phi) is 4.76. The average molecular weight is 224 g/mol. The van der Waals surface area contributed by atoms with Gasteiger partial charge in [0.2, 0.25) is 0 Å². The van der Waals surface area contributed by atoms with Gasteiger partial charge < -0.3 is 10.2 Å². The van der Waals surface area contributed by atoms with E-state index in [-0.39, 0.29) is 11.7 Å². The van der Waals surface area contributed by atoms with E-state index in [1.54, 1.807) is 23.1 Å². The Morgan fingerprint density at radius 2 is 2.06 bits per heavy atom. The highest BCUT2D eigenvalue weighted by Gasteiger charge is 2.11. The molecule has 1 aromatic rings. The third-order valence-electron chi connectivity index (χ3n) is 2.28. The summed E-state index contributed by atoms with van der Waals surface area (Å²) in [5.74, 6) is -0.414. The first-order valence-corrected chi connectivity index (χ1v) is 5.49. The lowest BCUT2D eigenvalue weighted by atomic mass is 10.3. The summed E-state index contributed by atoms with van der Waals surface area (Å²) in [6.45, 7) is 5.19. The molecule has 0 aromatic heterocycles. The van der Waals surface area contributed by atoms with Gasteiger partial charge in [0.1, 0.15) is 5.82 Å². The van der Waals surface area contributed by atoms with Crippen LogP contribution in [-0.4, -0.2) is 24.0 Å². The second-order valence-electron chi connectivity index (χ2n) is 3.49. The van der Waals surface area contributed by atoms with E-state index in [0.29, 0.717) is 13.1 Å². The molecule has 88 valence electrons. The first-order chi connectivity index (χ1) is 7.69. The lowest BCUT2D eigenvalue weighted by molar-refractivity contribution is 0.214. The number of nitrogens with zero attached hydrogens (tertiary/aromatic N) is 1. The van der Waals surface area contributed by atoms with Crippen molar-refractivity contribution in [1.82, 2.24) is 4.90 Å². The molecule has 0 aliphatic rings. The lowest BCUT2D eigenvalue weighted by Crippen LogP contribution is -2.35. The number of benzene rings is 1. The van der Waals surface area contributed by atoms with Crippen molar-refractivity contribution >= 4 is 11.7 Å². The summed E-state index contributed by atoms with van der Waals surface area (Å²) in [5.41, 5.74) is 0.224. The van der Waals surface area contributed by atoms with E-state index in [1.807, 2.05) is 13.8 Å². The zero-order chi connectivity index (χ0) is 12.0. The molecule has 0 fully saturated rings. The number of hydrogen-bond donors (Lipinski definition) is 1. The zero-order valence-electron chi connectivity index (χ0n) is 9.66. The second kappa shape index (κ2) is 6.10. The minimum absolute atomic E-state index is 0.224. The van der Waals surface area contributed by atoms with Crippen LogP contribution in [0.15, 0.2) is 24.3 Å². The van der Waals surface area contributed by atoms with Gasteiger partial charge in [-0.05, 0) is 25.5 Å². The van der Waals surface area contributed by atoms with E-state index in [1.165, 1.54) is 6.07 Å². The van der Waals surface area contributed by atoms with Crippen LogP contribution in [0.4, 0.5) is 14.9 Å². The van der Waals surface area contributed by atoms with Crippen LogP contribution in [0.3, 0.4) is 0 Å². The van der Waals surface area contributed by atoms with Gasteiger partial charge in [0.15, 0.2) is 0 Å². The molecular formula is C12H17FN2O. The normalized spacial score (nSPS) is 9.94. The van der Waals surface area contributed by atoms with Gasteiger partial charge in [-0.2, -0.15) is 0 Å². The van der Waals surface area contributed by atoms with Crippen molar-refractivity contribution < 1.29 is 9.18 Å². The van der Waals surface area contributed by atoms with Crippen LogP contribution in [0.2, 0.25) is 0 Å². The number of rotatable bonds is 4. The number of carbonyl (C=O) groups excluding carboxylic acids is 1. The van der Waals surface area contributed by atoms with E-state index in [2.05, 4.69) is 5.32 Å². The third-order valence-corrected chi connectivity index (χ3v) is 2.28. The zero-order valence-corrected chi connectivity index (χ0v) is 9.66. The van der Waals surface area contributed by atoms with Crippen molar-refractivity contribution in [2.45, 2.75) is 20.3 Å². The van der Waals surface area contributed by atoms with E-state index in [0.717, 1.165) is 6.42 Å². The van der Waals surface area contributed by atoms with Crippen molar-refractivity contribution in [3.63, 3.8) is 0 Å². The second-order valence-corrected chi connectivity index (χ2v) is 3.49. The molecule has 2 amide bonds. The molecule has 0 saturated heterocycles. The minimum atomic E-state index is -0.414. The third kappa shape index (κ3) is 3.22. The van der Waals surface area contributed by atoms with E-state index in [9.17, 15) is 9.18 Å². The number of carbonyl (C=O) groups is 1. The molecular weight excluding hydrogens is 207 g/mol. The van der Waals surface area contributed by atoms with Gasteiger partial charge in [0.25, 0.3) is 0 Å². The molecule has 0 heterocycles. The maximum atomic E-state index is 13.3. The van der Waals surface area contributed by atoms with Crippen molar-refractivity contribution in [2.75, 3.05) is 18.4 Å². The molecule has 16 heavy (non-hydrogen) atoms. The molecule has 1 aromatic carbocycles. The summed E-state index contributed by atoms with van der Waals surface area (Å²) in [6, 6.07) is 5.90. The summed E-state index contributed by atoms with van der Waals surface area (Å²) in [5, 5.41) is 2.56. The number of nitrogens with one attached hydrogen (secondary N) is 1. The maximum absolute atomic E-state index is 13.3. The smallest absolute Gasteiger partial charge is 0.321 e. The Labute approximate surface area is 95.3 Å². The highest BCUT2D eigenvalue weighted by atomic mass is 19.1. The average Bonchev–Trinajstić information content (AvgIpc) is 2.29. The molecule has 0 aliphatic heterocycles. The quantitative estimate of drug-likeness (QED) is 0.837. The molecule has 0 saturated carbocycles. The van der Waals surface area contributed by atoms with E-state index >= 15 is 0 Å². The molecule has 1 N–H and O–H groups in total. The first kappa shape index (κ1) is 12.5. The highest BCUT2D eigenvalue weighted by molar-refractivity contribution is 5.89. The van der Waals surface area contributed by atoms with Crippen LogP contribution in [0, 0.1) is 5.82 Å². The Hall–Kier alpha value is -1.58. The standard InChI is InChI=1S/C12H17FN2O/c1-3-9-15(4-2)12(16)14-11-8-6-5-7-10(11)13/h5-8H,3-4,9H2,1-2H3,(H,14,16). The molecule has 0 aliphatic carbocycles. The number of hydrogen-bond acceptors (Lipinski definition) is 1. The van der Waals surface area contributed by atoms with Crippen molar-refractivity contribution in [3.05, 3.63) is 30.1 Å². The molecule has 0 spiro atoms. The fourth-order valence-corrected chi connectivity index (χ4v) is 1.43. The summed E-state index contributed by atoms with van der Waals surface area (Å²) in [4.78, 5) is 13.4. The summed E-state index contributed by atoms with van der Waals surface area (Å²) in [6.07, 6.45) is 0.887. The van der Waals surface area contributed by atoms with Crippen LogP contribution >= 0.6 is 0 Å². The van der Waals surface area contributed by atoms with Gasteiger partial charge in [-0.1, -0.05) is 19.1 Å². The number of urea groups is 1. The van der Waals surface area contributed by atoms with Crippen molar-refractivity contribution in [3.8, 4) is 0 Å². The highest BCUT2D eigenvalue weighted by Crippen LogP contribution is 2.13. The molecule has 0 unspecified atom stereocenters. The molecule has 4 heteroatoms. The Morgan fingerprint density at radius 3 is 2.62 bits per heavy atom. The lowest BCUT2D eigenvalue weighted by Gasteiger charge is -2.20. The van der Waals surface area contributed by atoms with Crippen LogP contribution in [-0.2, 0) is 0 Å². The Morgan fingerprint density at radius 1 is 1.38 bits per heavy atom. The van der Waals surface area contributed by atoms with Crippen molar-refractivity contribution in [2.24, 2.45) is 0 Å². The van der Waals surface area contributed by atoms with Gasteiger partial charge in [-0.15, -0.1) is 0 Å². The molecule has 1 rings (SSSR count). The predicted molar refractivity (Wildman–Crippen MR) is 63.0 cm³/mol. The molecule has 0 atom stereocenters. The molecule has 0 bridgehead atoms. The number of halogens is 1. The topological polar surface area (TPSA) is 32.3 Å². The first-order valence-electron chi connectivity index (χ1n) is 5.49. The predicted octanol–water partition coefficient (Wildman–Crippen LogP) is 3.09. The summed E-state index contributed by atoms with van der Waals surface area (Å²) < 4.78 is 13.3. The fourth-order valence-electron chi connectivity index (χ4n) is 1.43. The monoisotopic (exact) mass is 224 g/mol. The van der Waals surface area contributed by atoms with Gasteiger partial charge in [-0.3, -0.25) is 0 Å². The van der Waals surface area contributed by atoms with Crippen LogP contribution in [0.25, 0.3) is 0 Å². The van der Waals surface area contributed by atoms with Crippen LogP contribution in [0.1, 0.15) is 20.3 Å². The van der Waals surface area contributed by atoms with Gasteiger partial charge in [0.05, 0.1) is 5.69 Å². The molecule has 3 nitrogen and oxygen atoms in total. The summed E-state index contributed by atoms with van der Waals surface area (Å²) in [7, 11) is 0. The molecule has 0 radical (unpaired) electrons. The maximum Gasteiger partial charge on any atom is 0.321 e. The van der Waals surface area contributed by atoms with Crippen LogP contribution in [0.5, 0.6) is 0 Å². The fraction of sp³-hybridized carbons (Fsp3) is 0.417. The number of para-hydroxylation sites is 1. The van der Waals surface area contributed by atoms with Gasteiger partial charge in [-0.25, -0.2) is 9.18 Å². The largest absolute Gasteiger partial charge is 0.325 e. The van der Waals surface area contributed by atoms with Gasteiger partial charge in [0, 0.05) is 13.1 Å². The number of anilines is 1. The van der Waals surface area contributed by atoms with Gasteiger partial charge >= 0.3 is 6.03 Å². The van der Waals surface area contributed by atoms with Crippen LogP contribution < -0.4 is 5.32 Å². The van der Waals surface area contributed by atoms with E-state index in [4.69, 9.17) is 0 Å². The van der Waals surface area contributed by atoms with Crippen molar-refractivity contribution in [1.29, 1.82) is 0 Å². The SMILES string of the molecule is CCCN(CC)C(=O)Nc1ccccc1F.